The Kier molecular flexibility index (Phi) is 9.39. The summed E-state index contributed by atoms with van der Waals surface area (Å²) < 4.78 is 1.10. The Morgan fingerprint density at radius 2 is 1.97 bits per heavy atom. The van der Waals surface area contributed by atoms with Crippen LogP contribution in [-0.4, -0.2) is 35.7 Å². The zero-order chi connectivity index (χ0) is 24.7. The SMILES string of the molecule is C=CC(=O)CC[C@@H](NC(=O)[C@@H](CC(=O)NC)Cc1nc2ccc(C(C)C)cc2s1)C1CCCC1. The maximum absolute atomic E-state index is 13.4. The van der Waals surface area contributed by atoms with Crippen LogP contribution >= 0.6 is 11.3 Å². The van der Waals surface area contributed by atoms with Gasteiger partial charge in [-0.25, -0.2) is 4.98 Å². The van der Waals surface area contributed by atoms with E-state index >= 15 is 0 Å². The number of aromatic nitrogens is 1. The molecule has 0 unspecified atom stereocenters. The number of nitrogens with zero attached hydrogens (tertiary/aromatic N) is 1. The van der Waals surface area contributed by atoms with Crippen LogP contribution in [0.1, 0.15) is 75.3 Å². The third-order valence-corrected chi connectivity index (χ3v) is 7.89. The van der Waals surface area contributed by atoms with Gasteiger partial charge in [0.1, 0.15) is 0 Å². The van der Waals surface area contributed by atoms with Crippen LogP contribution in [0.3, 0.4) is 0 Å². The van der Waals surface area contributed by atoms with Gasteiger partial charge in [0.15, 0.2) is 5.78 Å². The van der Waals surface area contributed by atoms with E-state index in [0.29, 0.717) is 31.1 Å². The molecular formula is C27H37N3O3S. The molecule has 0 radical (unpaired) electrons. The van der Waals surface area contributed by atoms with Crippen molar-refractivity contribution < 1.29 is 14.4 Å². The first-order valence-corrected chi connectivity index (χ1v) is 13.2. The predicted molar refractivity (Wildman–Crippen MR) is 138 cm³/mol. The summed E-state index contributed by atoms with van der Waals surface area (Å²) in [5.41, 5.74) is 2.19. The first-order chi connectivity index (χ1) is 16.3. The van der Waals surface area contributed by atoms with Gasteiger partial charge in [0.05, 0.1) is 21.1 Å². The van der Waals surface area contributed by atoms with Crippen molar-refractivity contribution in [2.45, 2.75) is 77.2 Å². The number of ketones is 1. The van der Waals surface area contributed by atoms with Crippen molar-refractivity contribution in [3.8, 4) is 0 Å². The molecule has 0 aliphatic heterocycles. The normalized spacial score (nSPS) is 15.9. The first-order valence-electron chi connectivity index (χ1n) is 12.4. The summed E-state index contributed by atoms with van der Waals surface area (Å²) in [5.74, 6) is -0.00360. The van der Waals surface area contributed by atoms with E-state index in [1.165, 1.54) is 11.6 Å². The van der Waals surface area contributed by atoms with E-state index in [1.54, 1.807) is 18.4 Å². The number of carbonyl (C=O) groups is 3. The van der Waals surface area contributed by atoms with Crippen molar-refractivity contribution in [2.24, 2.45) is 11.8 Å². The van der Waals surface area contributed by atoms with Crippen LogP contribution < -0.4 is 10.6 Å². The van der Waals surface area contributed by atoms with E-state index in [9.17, 15) is 14.4 Å². The van der Waals surface area contributed by atoms with Crippen molar-refractivity contribution in [1.29, 1.82) is 0 Å². The van der Waals surface area contributed by atoms with Crippen LogP contribution in [0.5, 0.6) is 0 Å². The third-order valence-electron chi connectivity index (χ3n) is 6.85. The molecule has 2 amide bonds. The lowest BCUT2D eigenvalue weighted by atomic mass is 9.91. The largest absolute Gasteiger partial charge is 0.359 e. The monoisotopic (exact) mass is 483 g/mol. The molecule has 3 rings (SSSR count). The van der Waals surface area contributed by atoms with Gasteiger partial charge < -0.3 is 10.6 Å². The molecule has 1 aromatic heterocycles. The highest BCUT2D eigenvalue weighted by Gasteiger charge is 2.30. The highest BCUT2D eigenvalue weighted by molar-refractivity contribution is 7.18. The number of benzene rings is 1. The second kappa shape index (κ2) is 12.2. The quantitative estimate of drug-likeness (QED) is 0.419. The van der Waals surface area contributed by atoms with E-state index in [2.05, 4.69) is 43.2 Å². The lowest BCUT2D eigenvalue weighted by Gasteiger charge is -2.27. The van der Waals surface area contributed by atoms with Gasteiger partial charge in [-0.05, 0) is 54.9 Å². The molecule has 0 saturated heterocycles. The zero-order valence-corrected chi connectivity index (χ0v) is 21.4. The predicted octanol–water partition coefficient (Wildman–Crippen LogP) is 4.92. The summed E-state index contributed by atoms with van der Waals surface area (Å²) in [7, 11) is 1.59. The molecule has 1 aromatic carbocycles. The van der Waals surface area contributed by atoms with E-state index in [1.807, 2.05) is 6.07 Å². The van der Waals surface area contributed by atoms with E-state index < -0.39 is 5.92 Å². The fourth-order valence-corrected chi connectivity index (χ4v) is 5.81. The average molecular weight is 484 g/mol. The number of hydrogen-bond acceptors (Lipinski definition) is 5. The summed E-state index contributed by atoms with van der Waals surface area (Å²) in [5, 5.41) is 6.72. The Morgan fingerprint density at radius 1 is 1.24 bits per heavy atom. The van der Waals surface area contributed by atoms with Gasteiger partial charge in [0.25, 0.3) is 0 Å². The van der Waals surface area contributed by atoms with Crippen LogP contribution in [-0.2, 0) is 20.8 Å². The summed E-state index contributed by atoms with van der Waals surface area (Å²) >= 11 is 1.59. The van der Waals surface area contributed by atoms with E-state index in [0.717, 1.165) is 40.9 Å². The molecule has 1 heterocycles. The smallest absolute Gasteiger partial charge is 0.224 e. The number of amides is 2. The maximum Gasteiger partial charge on any atom is 0.224 e. The number of nitrogens with one attached hydrogen (secondary N) is 2. The summed E-state index contributed by atoms with van der Waals surface area (Å²) in [6.07, 6.45) is 7.27. The fraction of sp³-hybridized carbons (Fsp3) is 0.556. The molecule has 1 aliphatic carbocycles. The van der Waals surface area contributed by atoms with Crippen LogP contribution in [0.4, 0.5) is 0 Å². The maximum atomic E-state index is 13.4. The van der Waals surface area contributed by atoms with Gasteiger partial charge in [0, 0.05) is 32.4 Å². The number of fused-ring (bicyclic) bond motifs is 1. The third kappa shape index (κ3) is 6.98. The molecular weight excluding hydrogens is 446 g/mol. The summed E-state index contributed by atoms with van der Waals surface area (Å²) in [4.78, 5) is 42.2. The highest BCUT2D eigenvalue weighted by atomic mass is 32.1. The van der Waals surface area contributed by atoms with Gasteiger partial charge in [-0.15, -0.1) is 11.3 Å². The molecule has 6 nitrogen and oxygen atoms in total. The molecule has 1 fully saturated rings. The summed E-state index contributed by atoms with van der Waals surface area (Å²) in [6, 6.07) is 6.24. The number of allylic oxidation sites excluding steroid dienone is 1. The lowest BCUT2D eigenvalue weighted by molar-refractivity contribution is -0.131. The number of carbonyl (C=O) groups excluding carboxylic acids is 3. The second-order valence-corrected chi connectivity index (χ2v) is 10.8. The molecule has 184 valence electrons. The van der Waals surface area contributed by atoms with Crippen molar-refractivity contribution in [3.05, 3.63) is 41.4 Å². The van der Waals surface area contributed by atoms with Crippen LogP contribution in [0, 0.1) is 11.8 Å². The van der Waals surface area contributed by atoms with Gasteiger partial charge in [0.2, 0.25) is 11.8 Å². The molecule has 1 saturated carbocycles. The number of thiazole rings is 1. The minimum atomic E-state index is -0.510. The van der Waals surface area contributed by atoms with E-state index in [4.69, 9.17) is 4.98 Å². The Morgan fingerprint density at radius 3 is 2.62 bits per heavy atom. The lowest BCUT2D eigenvalue weighted by Crippen LogP contribution is -2.44. The average Bonchev–Trinajstić information content (AvgIpc) is 3.49. The van der Waals surface area contributed by atoms with E-state index in [-0.39, 0.29) is 30.1 Å². The van der Waals surface area contributed by atoms with Crippen molar-refractivity contribution in [3.63, 3.8) is 0 Å². The van der Waals surface area contributed by atoms with Gasteiger partial charge in [-0.3, -0.25) is 14.4 Å². The van der Waals surface area contributed by atoms with Gasteiger partial charge in [-0.1, -0.05) is 39.3 Å². The number of hydrogen-bond donors (Lipinski definition) is 2. The van der Waals surface area contributed by atoms with Crippen molar-refractivity contribution in [1.82, 2.24) is 15.6 Å². The summed E-state index contributed by atoms with van der Waals surface area (Å²) in [6.45, 7) is 7.89. The molecule has 7 heteroatoms. The van der Waals surface area contributed by atoms with Gasteiger partial charge in [-0.2, -0.15) is 0 Å². The van der Waals surface area contributed by atoms with Crippen LogP contribution in [0.15, 0.2) is 30.9 Å². The molecule has 0 spiro atoms. The molecule has 2 aromatic rings. The van der Waals surface area contributed by atoms with Crippen LogP contribution in [0.25, 0.3) is 10.2 Å². The topological polar surface area (TPSA) is 88.2 Å². The molecule has 2 atom stereocenters. The fourth-order valence-electron chi connectivity index (χ4n) is 4.72. The zero-order valence-electron chi connectivity index (χ0n) is 20.6. The molecule has 34 heavy (non-hydrogen) atoms. The minimum absolute atomic E-state index is 0.00519. The molecule has 1 aliphatic rings. The Hall–Kier alpha value is -2.54. The van der Waals surface area contributed by atoms with Crippen molar-refractivity contribution >= 4 is 39.2 Å². The standard InChI is InChI=1S/C27H37N3O3S/c1-5-21(31)11-13-22(18-8-6-7-9-18)30-27(33)20(15-25(32)28-4)16-26-29-23-12-10-19(17(2)3)14-24(23)34-26/h5,10,12,14,17-18,20,22H,1,6-9,11,13,15-16H2,2-4H3,(H,28,32)(H,30,33)/t20-,22+/m0/s1. The van der Waals surface area contributed by atoms with Crippen LogP contribution in [0.2, 0.25) is 0 Å². The molecule has 2 N–H and O–H groups in total. The second-order valence-electron chi connectivity index (χ2n) is 9.64. The Balaban J connectivity index is 1.77. The Labute approximate surface area is 206 Å². The molecule has 0 bridgehead atoms. The Bertz CT molecular complexity index is 1020. The number of rotatable bonds is 12. The van der Waals surface area contributed by atoms with Crippen molar-refractivity contribution in [2.75, 3.05) is 7.05 Å². The first kappa shape index (κ1) is 26.1. The minimum Gasteiger partial charge on any atom is -0.359 e. The highest BCUT2D eigenvalue weighted by Crippen LogP contribution is 2.31. The van der Waals surface area contributed by atoms with Gasteiger partial charge >= 0.3 is 0 Å².